The van der Waals surface area contributed by atoms with Crippen LogP contribution in [0.3, 0.4) is 0 Å². The first-order chi connectivity index (χ1) is 9.20. The highest BCUT2D eigenvalue weighted by molar-refractivity contribution is 9.10. The van der Waals surface area contributed by atoms with E-state index >= 15 is 0 Å². The molecule has 2 aromatic rings. The zero-order chi connectivity index (χ0) is 13.7. The van der Waals surface area contributed by atoms with E-state index in [0.29, 0.717) is 10.5 Å². The highest BCUT2D eigenvalue weighted by Crippen LogP contribution is 2.21. The van der Waals surface area contributed by atoms with E-state index in [1.54, 1.807) is 0 Å². The molecule has 1 N–H and O–H groups in total. The van der Waals surface area contributed by atoms with Crippen LogP contribution in [0.1, 0.15) is 23.6 Å². The lowest BCUT2D eigenvalue weighted by atomic mass is 9.99. The minimum Gasteiger partial charge on any atom is -0.313 e. The molecule has 0 radical (unpaired) electrons. The summed E-state index contributed by atoms with van der Waals surface area (Å²) < 4.78 is 13.7. The van der Waals surface area contributed by atoms with Crippen molar-refractivity contribution in [1.82, 2.24) is 5.32 Å². The maximum atomic E-state index is 13.2. The molecule has 0 amide bonds. The van der Waals surface area contributed by atoms with E-state index in [1.165, 1.54) is 11.6 Å². The molecule has 0 aliphatic carbocycles. The van der Waals surface area contributed by atoms with Crippen molar-refractivity contribution in [2.24, 2.45) is 0 Å². The van der Waals surface area contributed by atoms with Crippen molar-refractivity contribution in [2.45, 2.75) is 18.9 Å². The smallest absolute Gasteiger partial charge is 0.137 e. The highest BCUT2D eigenvalue weighted by Gasteiger charge is 2.09. The Morgan fingerprint density at radius 1 is 1.16 bits per heavy atom. The summed E-state index contributed by atoms with van der Waals surface area (Å²) in [4.78, 5) is 0. The molecular formula is C16H17BrFN. The van der Waals surface area contributed by atoms with Gasteiger partial charge in [-0.15, -0.1) is 0 Å². The molecule has 0 saturated carbocycles. The van der Waals surface area contributed by atoms with Crippen LogP contribution in [0.25, 0.3) is 0 Å². The molecule has 0 spiro atoms. The van der Waals surface area contributed by atoms with E-state index < -0.39 is 0 Å². The molecule has 2 aromatic carbocycles. The monoisotopic (exact) mass is 321 g/mol. The normalized spacial score (nSPS) is 12.4. The minimum atomic E-state index is -0.211. The molecule has 1 nitrogen and oxygen atoms in total. The fourth-order valence-electron chi connectivity index (χ4n) is 2.17. The number of rotatable bonds is 5. The average molecular weight is 322 g/mol. The zero-order valence-electron chi connectivity index (χ0n) is 10.9. The van der Waals surface area contributed by atoms with Crippen LogP contribution < -0.4 is 5.32 Å². The van der Waals surface area contributed by atoms with E-state index in [-0.39, 0.29) is 5.82 Å². The Morgan fingerprint density at radius 2 is 1.89 bits per heavy atom. The summed E-state index contributed by atoms with van der Waals surface area (Å²) in [5.74, 6) is -0.211. The molecule has 0 fully saturated rings. The number of aryl methyl sites for hydroxylation is 1. The number of halogens is 2. The first-order valence-electron chi connectivity index (χ1n) is 6.37. The first kappa shape index (κ1) is 14.2. The predicted molar refractivity (Wildman–Crippen MR) is 80.7 cm³/mol. The molecule has 0 saturated heterocycles. The summed E-state index contributed by atoms with van der Waals surface area (Å²) in [5.41, 5.74) is 2.43. The largest absolute Gasteiger partial charge is 0.313 e. The Bertz CT molecular complexity index is 528. The maximum absolute atomic E-state index is 13.2. The summed E-state index contributed by atoms with van der Waals surface area (Å²) in [6.07, 6.45) is 1.90. The number of nitrogens with one attached hydrogen (secondary N) is 1. The second kappa shape index (κ2) is 6.83. The quantitative estimate of drug-likeness (QED) is 0.856. The topological polar surface area (TPSA) is 12.0 Å². The van der Waals surface area contributed by atoms with Gasteiger partial charge >= 0.3 is 0 Å². The SMILES string of the molecule is CNC(CCc1ccc(F)c(Br)c1)c1ccccc1. The van der Waals surface area contributed by atoms with Crippen LogP contribution in [-0.2, 0) is 6.42 Å². The van der Waals surface area contributed by atoms with Gasteiger partial charge in [0.2, 0.25) is 0 Å². The second-order valence-corrected chi connectivity index (χ2v) is 5.39. The van der Waals surface area contributed by atoms with Gasteiger partial charge in [-0.3, -0.25) is 0 Å². The molecule has 0 heterocycles. The van der Waals surface area contributed by atoms with Crippen molar-refractivity contribution in [1.29, 1.82) is 0 Å². The van der Waals surface area contributed by atoms with Gasteiger partial charge in [-0.2, -0.15) is 0 Å². The molecule has 1 unspecified atom stereocenters. The lowest BCUT2D eigenvalue weighted by Crippen LogP contribution is -2.17. The van der Waals surface area contributed by atoms with Crippen molar-refractivity contribution in [3.8, 4) is 0 Å². The molecule has 1 atom stereocenters. The molecule has 0 aromatic heterocycles. The second-order valence-electron chi connectivity index (χ2n) is 4.54. The van der Waals surface area contributed by atoms with E-state index in [1.807, 2.05) is 37.4 Å². The fourth-order valence-corrected chi connectivity index (χ4v) is 2.60. The summed E-state index contributed by atoms with van der Waals surface area (Å²) in [5, 5.41) is 3.33. The van der Waals surface area contributed by atoms with Gasteiger partial charge in [-0.05, 0) is 59.1 Å². The third-order valence-corrected chi connectivity index (χ3v) is 3.86. The van der Waals surface area contributed by atoms with Crippen molar-refractivity contribution in [2.75, 3.05) is 7.05 Å². The molecule has 100 valence electrons. The van der Waals surface area contributed by atoms with E-state index in [2.05, 4.69) is 33.4 Å². The van der Waals surface area contributed by atoms with Gasteiger partial charge in [-0.1, -0.05) is 36.4 Å². The van der Waals surface area contributed by atoms with Crippen LogP contribution in [0.5, 0.6) is 0 Å². The van der Waals surface area contributed by atoms with Crippen LogP contribution in [-0.4, -0.2) is 7.05 Å². The molecule has 0 aliphatic rings. The van der Waals surface area contributed by atoms with Gasteiger partial charge in [0.15, 0.2) is 0 Å². The van der Waals surface area contributed by atoms with Crippen LogP contribution in [0.15, 0.2) is 53.0 Å². The Morgan fingerprint density at radius 3 is 2.53 bits per heavy atom. The van der Waals surface area contributed by atoms with Crippen molar-refractivity contribution >= 4 is 15.9 Å². The lowest BCUT2D eigenvalue weighted by molar-refractivity contribution is 0.548. The lowest BCUT2D eigenvalue weighted by Gasteiger charge is -2.16. The van der Waals surface area contributed by atoms with Crippen molar-refractivity contribution in [3.63, 3.8) is 0 Å². The predicted octanol–water partition coefficient (Wildman–Crippen LogP) is 4.48. The van der Waals surface area contributed by atoms with Crippen LogP contribution in [0, 0.1) is 5.82 Å². The Balaban J connectivity index is 2.02. The van der Waals surface area contributed by atoms with Gasteiger partial charge in [0, 0.05) is 6.04 Å². The van der Waals surface area contributed by atoms with Crippen LogP contribution in [0.2, 0.25) is 0 Å². The van der Waals surface area contributed by atoms with E-state index in [9.17, 15) is 4.39 Å². The molecule has 19 heavy (non-hydrogen) atoms. The van der Waals surface area contributed by atoms with E-state index in [4.69, 9.17) is 0 Å². The van der Waals surface area contributed by atoms with Gasteiger partial charge in [-0.25, -0.2) is 4.39 Å². The zero-order valence-corrected chi connectivity index (χ0v) is 12.5. The van der Waals surface area contributed by atoms with E-state index in [0.717, 1.165) is 18.4 Å². The first-order valence-corrected chi connectivity index (χ1v) is 7.16. The average Bonchev–Trinajstić information content (AvgIpc) is 2.44. The van der Waals surface area contributed by atoms with Gasteiger partial charge in [0.1, 0.15) is 5.82 Å². The Kier molecular flexibility index (Phi) is 5.11. The number of hydrogen-bond donors (Lipinski definition) is 1. The van der Waals surface area contributed by atoms with Crippen LogP contribution >= 0.6 is 15.9 Å². The summed E-state index contributed by atoms with van der Waals surface area (Å²) in [7, 11) is 1.97. The van der Waals surface area contributed by atoms with Gasteiger partial charge < -0.3 is 5.32 Å². The molecule has 0 aliphatic heterocycles. The number of hydrogen-bond acceptors (Lipinski definition) is 1. The molecular weight excluding hydrogens is 305 g/mol. The molecule has 0 bridgehead atoms. The van der Waals surface area contributed by atoms with Crippen LogP contribution in [0.4, 0.5) is 4.39 Å². The standard InChI is InChI=1S/C16H17BrFN/c1-19-16(13-5-3-2-4-6-13)10-8-12-7-9-15(18)14(17)11-12/h2-7,9,11,16,19H,8,10H2,1H3. The number of benzene rings is 2. The van der Waals surface area contributed by atoms with Crippen molar-refractivity contribution in [3.05, 3.63) is 69.9 Å². The van der Waals surface area contributed by atoms with Gasteiger partial charge in [0.25, 0.3) is 0 Å². The highest BCUT2D eigenvalue weighted by atomic mass is 79.9. The minimum absolute atomic E-state index is 0.211. The Labute approximate surface area is 122 Å². The fraction of sp³-hybridized carbons (Fsp3) is 0.250. The Hall–Kier alpha value is -1.19. The van der Waals surface area contributed by atoms with Gasteiger partial charge in [0.05, 0.1) is 4.47 Å². The molecule has 3 heteroatoms. The third kappa shape index (κ3) is 3.88. The third-order valence-electron chi connectivity index (χ3n) is 3.26. The summed E-state index contributed by atoms with van der Waals surface area (Å²) >= 11 is 3.22. The summed E-state index contributed by atoms with van der Waals surface area (Å²) in [6, 6.07) is 15.9. The van der Waals surface area contributed by atoms with Crippen molar-refractivity contribution < 1.29 is 4.39 Å². The molecule has 2 rings (SSSR count). The maximum Gasteiger partial charge on any atom is 0.137 e. The summed E-state index contributed by atoms with van der Waals surface area (Å²) in [6.45, 7) is 0.